The van der Waals surface area contributed by atoms with Crippen molar-refractivity contribution in [3.05, 3.63) is 58.5 Å². The second kappa shape index (κ2) is 11.9. The standard InChI is InChI=1S/C25H28N2O4S2/c1-17-9-6-7-10-19(17)26-23(28)11-5-4-8-14-27-24(29)22(33-25(27)32)16-18-12-13-20(30-2)21(15-18)31-3/h6-7,9-10,12-13,15-16H,4-5,8,11,14H2,1-3H3,(H,26,28)/b22-16-. The van der Waals surface area contributed by atoms with Gasteiger partial charge in [0, 0.05) is 18.7 Å². The molecule has 1 N–H and O–H groups in total. The molecule has 0 aromatic heterocycles. The van der Waals surface area contributed by atoms with Crippen molar-refractivity contribution in [3.8, 4) is 11.5 Å². The predicted molar refractivity (Wildman–Crippen MR) is 138 cm³/mol. The average molecular weight is 485 g/mol. The molecule has 33 heavy (non-hydrogen) atoms. The van der Waals surface area contributed by atoms with Gasteiger partial charge in [-0.25, -0.2) is 0 Å². The summed E-state index contributed by atoms with van der Waals surface area (Å²) < 4.78 is 11.1. The van der Waals surface area contributed by atoms with Crippen LogP contribution < -0.4 is 14.8 Å². The minimum atomic E-state index is -0.0860. The first-order valence-corrected chi connectivity index (χ1v) is 12.0. The van der Waals surface area contributed by atoms with Crippen LogP contribution in [0, 0.1) is 6.92 Å². The number of anilines is 1. The zero-order valence-corrected chi connectivity index (χ0v) is 20.7. The van der Waals surface area contributed by atoms with Gasteiger partial charge in [-0.2, -0.15) is 0 Å². The molecule has 0 bridgehead atoms. The SMILES string of the molecule is COc1ccc(/C=C2\SC(=S)N(CCCCCC(=O)Nc3ccccc3C)C2=O)cc1OC. The Hall–Kier alpha value is -2.84. The Labute approximate surface area is 204 Å². The van der Waals surface area contributed by atoms with E-state index in [1.807, 2.05) is 49.4 Å². The lowest BCUT2D eigenvalue weighted by Crippen LogP contribution is -2.29. The van der Waals surface area contributed by atoms with Gasteiger partial charge in [-0.1, -0.05) is 54.7 Å². The number of nitrogens with zero attached hydrogens (tertiary/aromatic N) is 1. The van der Waals surface area contributed by atoms with E-state index in [0.717, 1.165) is 36.1 Å². The summed E-state index contributed by atoms with van der Waals surface area (Å²) in [6.07, 6.45) is 4.65. The zero-order valence-electron chi connectivity index (χ0n) is 19.1. The van der Waals surface area contributed by atoms with E-state index in [2.05, 4.69) is 5.32 Å². The molecule has 1 saturated heterocycles. The highest BCUT2D eigenvalue weighted by atomic mass is 32.2. The lowest BCUT2D eigenvalue weighted by atomic mass is 10.1. The molecule has 0 aliphatic carbocycles. The van der Waals surface area contributed by atoms with Crippen LogP contribution in [0.2, 0.25) is 0 Å². The number of para-hydroxylation sites is 1. The molecule has 1 fully saturated rings. The Morgan fingerprint density at radius 3 is 2.58 bits per heavy atom. The molecule has 0 atom stereocenters. The first-order valence-electron chi connectivity index (χ1n) is 10.8. The fraction of sp³-hybridized carbons (Fsp3) is 0.320. The van der Waals surface area contributed by atoms with Crippen LogP contribution in [0.15, 0.2) is 47.4 Å². The van der Waals surface area contributed by atoms with E-state index in [1.54, 1.807) is 25.2 Å². The molecule has 174 valence electrons. The van der Waals surface area contributed by atoms with E-state index in [-0.39, 0.29) is 11.8 Å². The Bertz CT molecular complexity index is 1070. The zero-order chi connectivity index (χ0) is 23.8. The number of amides is 2. The number of carbonyl (C=O) groups excluding carboxylic acids is 2. The van der Waals surface area contributed by atoms with Gasteiger partial charge < -0.3 is 14.8 Å². The van der Waals surface area contributed by atoms with Crippen molar-refractivity contribution in [2.75, 3.05) is 26.1 Å². The van der Waals surface area contributed by atoms with Crippen molar-refractivity contribution >= 4 is 51.9 Å². The topological polar surface area (TPSA) is 67.9 Å². The molecular weight excluding hydrogens is 456 g/mol. The highest BCUT2D eigenvalue weighted by Gasteiger charge is 2.31. The number of thioether (sulfide) groups is 1. The van der Waals surface area contributed by atoms with Crippen molar-refractivity contribution in [1.29, 1.82) is 0 Å². The van der Waals surface area contributed by atoms with Crippen molar-refractivity contribution < 1.29 is 19.1 Å². The summed E-state index contributed by atoms with van der Waals surface area (Å²) in [5.41, 5.74) is 2.73. The highest BCUT2D eigenvalue weighted by molar-refractivity contribution is 8.26. The molecule has 2 amide bonds. The maximum atomic E-state index is 12.8. The summed E-state index contributed by atoms with van der Waals surface area (Å²) in [6.45, 7) is 2.52. The molecule has 1 aliphatic heterocycles. The van der Waals surface area contributed by atoms with E-state index < -0.39 is 0 Å². The van der Waals surface area contributed by atoms with E-state index >= 15 is 0 Å². The smallest absolute Gasteiger partial charge is 0.266 e. The summed E-state index contributed by atoms with van der Waals surface area (Å²) in [6, 6.07) is 13.2. The average Bonchev–Trinajstić information content (AvgIpc) is 3.07. The number of hydrogen-bond acceptors (Lipinski definition) is 6. The third-order valence-corrected chi connectivity index (χ3v) is 6.66. The summed E-state index contributed by atoms with van der Waals surface area (Å²) in [5.74, 6) is 1.16. The number of benzene rings is 2. The summed E-state index contributed by atoms with van der Waals surface area (Å²) in [4.78, 5) is 27.2. The second-order valence-electron chi connectivity index (χ2n) is 7.62. The van der Waals surface area contributed by atoms with Crippen LogP contribution in [0.4, 0.5) is 5.69 Å². The number of rotatable bonds is 10. The number of methoxy groups -OCH3 is 2. The molecular formula is C25H28N2O4S2. The van der Waals surface area contributed by atoms with Gasteiger partial charge in [0.2, 0.25) is 5.91 Å². The van der Waals surface area contributed by atoms with Crippen LogP contribution in [-0.2, 0) is 9.59 Å². The summed E-state index contributed by atoms with van der Waals surface area (Å²) >= 11 is 6.73. The van der Waals surface area contributed by atoms with Crippen molar-refractivity contribution in [2.45, 2.75) is 32.6 Å². The monoisotopic (exact) mass is 484 g/mol. The lowest BCUT2D eigenvalue weighted by Gasteiger charge is -2.14. The van der Waals surface area contributed by atoms with Crippen LogP contribution >= 0.6 is 24.0 Å². The number of thiocarbonyl (C=S) groups is 1. The van der Waals surface area contributed by atoms with Crippen LogP contribution in [0.1, 0.15) is 36.8 Å². The Balaban J connectivity index is 1.47. The normalized spacial score (nSPS) is 14.6. The molecule has 6 nitrogen and oxygen atoms in total. The molecule has 2 aromatic carbocycles. The minimum absolute atomic E-state index is 0.00719. The Morgan fingerprint density at radius 1 is 1.09 bits per heavy atom. The van der Waals surface area contributed by atoms with Gasteiger partial charge in [0.1, 0.15) is 4.32 Å². The Morgan fingerprint density at radius 2 is 1.85 bits per heavy atom. The van der Waals surface area contributed by atoms with Gasteiger partial charge in [-0.05, 0) is 55.2 Å². The van der Waals surface area contributed by atoms with Gasteiger partial charge in [0.05, 0.1) is 19.1 Å². The summed E-state index contributed by atoms with van der Waals surface area (Å²) in [7, 11) is 3.16. The van der Waals surface area contributed by atoms with Gasteiger partial charge in [-0.15, -0.1) is 0 Å². The number of ether oxygens (including phenoxy) is 2. The molecule has 1 heterocycles. The third-order valence-electron chi connectivity index (χ3n) is 5.28. The molecule has 0 radical (unpaired) electrons. The molecule has 1 aliphatic rings. The van der Waals surface area contributed by atoms with E-state index in [0.29, 0.717) is 33.7 Å². The molecule has 0 spiro atoms. The number of unbranched alkanes of at least 4 members (excludes halogenated alkanes) is 2. The van der Waals surface area contributed by atoms with Gasteiger partial charge in [0.15, 0.2) is 11.5 Å². The molecule has 3 rings (SSSR count). The predicted octanol–water partition coefficient (Wildman–Crippen LogP) is 5.41. The fourth-order valence-corrected chi connectivity index (χ4v) is 4.75. The van der Waals surface area contributed by atoms with E-state index in [4.69, 9.17) is 21.7 Å². The molecule has 0 unspecified atom stereocenters. The summed E-state index contributed by atoms with van der Waals surface area (Å²) in [5, 5.41) is 2.95. The largest absolute Gasteiger partial charge is 0.493 e. The van der Waals surface area contributed by atoms with Crippen LogP contribution in [0.3, 0.4) is 0 Å². The van der Waals surface area contributed by atoms with Gasteiger partial charge in [0.25, 0.3) is 5.91 Å². The van der Waals surface area contributed by atoms with Crippen LogP contribution in [0.25, 0.3) is 6.08 Å². The quantitative estimate of drug-likeness (QED) is 0.276. The maximum Gasteiger partial charge on any atom is 0.266 e. The number of hydrogen-bond donors (Lipinski definition) is 1. The van der Waals surface area contributed by atoms with Crippen LogP contribution in [0.5, 0.6) is 11.5 Å². The lowest BCUT2D eigenvalue weighted by molar-refractivity contribution is -0.122. The first kappa shape index (κ1) is 24.8. The molecule has 0 saturated carbocycles. The maximum absolute atomic E-state index is 12.8. The highest BCUT2D eigenvalue weighted by Crippen LogP contribution is 2.34. The minimum Gasteiger partial charge on any atom is -0.493 e. The van der Waals surface area contributed by atoms with Crippen LogP contribution in [-0.4, -0.2) is 41.8 Å². The number of carbonyl (C=O) groups is 2. The molecule has 8 heteroatoms. The van der Waals surface area contributed by atoms with Crippen molar-refractivity contribution in [1.82, 2.24) is 4.90 Å². The van der Waals surface area contributed by atoms with Crippen molar-refractivity contribution in [3.63, 3.8) is 0 Å². The fourth-order valence-electron chi connectivity index (χ4n) is 3.44. The van der Waals surface area contributed by atoms with Gasteiger partial charge >= 0.3 is 0 Å². The third kappa shape index (κ3) is 6.58. The second-order valence-corrected chi connectivity index (χ2v) is 9.30. The first-order chi connectivity index (χ1) is 15.9. The van der Waals surface area contributed by atoms with E-state index in [9.17, 15) is 9.59 Å². The number of nitrogens with one attached hydrogen (secondary N) is 1. The number of aryl methyl sites for hydroxylation is 1. The molecule has 2 aromatic rings. The van der Waals surface area contributed by atoms with Crippen molar-refractivity contribution in [2.24, 2.45) is 0 Å². The van der Waals surface area contributed by atoms with Gasteiger partial charge in [-0.3, -0.25) is 14.5 Å². The Kier molecular flexibility index (Phi) is 8.91. The van der Waals surface area contributed by atoms with E-state index in [1.165, 1.54) is 11.8 Å².